The van der Waals surface area contributed by atoms with Crippen molar-refractivity contribution in [1.82, 2.24) is 0 Å². The van der Waals surface area contributed by atoms with Gasteiger partial charge in [0.05, 0.1) is 17.9 Å². The molecule has 0 bridgehead atoms. The average Bonchev–Trinajstić information content (AvgIpc) is 2.08. The predicted molar refractivity (Wildman–Crippen MR) is 41.4 cm³/mol. The molecule has 15 heavy (non-hydrogen) atoms. The molecular formula is C9H5O6-3. The van der Waals surface area contributed by atoms with Crippen molar-refractivity contribution in [1.29, 1.82) is 0 Å². The topological polar surface area (TPSA) is 120 Å². The smallest absolute Gasteiger partial charge is 0.0648 e. The molecule has 0 fully saturated rings. The van der Waals surface area contributed by atoms with E-state index in [9.17, 15) is 29.7 Å². The second-order valence-electron chi connectivity index (χ2n) is 2.27. The molecule has 0 radical (unpaired) electrons. The quantitative estimate of drug-likeness (QED) is 0.339. The lowest BCUT2D eigenvalue weighted by atomic mass is 10.2. The van der Waals surface area contributed by atoms with Gasteiger partial charge >= 0.3 is 0 Å². The summed E-state index contributed by atoms with van der Waals surface area (Å²) in [7, 11) is 0. The van der Waals surface area contributed by atoms with Gasteiger partial charge in [-0.05, 0) is 23.8 Å². The van der Waals surface area contributed by atoms with Gasteiger partial charge in [0.25, 0.3) is 0 Å². The molecule has 0 atom stereocenters. The van der Waals surface area contributed by atoms with Crippen LogP contribution in [0.15, 0.2) is 36.0 Å². The normalized spacial score (nSPS) is 10.4. The van der Waals surface area contributed by atoms with Crippen LogP contribution in [0, 0.1) is 0 Å². The monoisotopic (exact) mass is 209 g/mol. The zero-order valence-corrected chi connectivity index (χ0v) is 7.34. The number of allylic oxidation sites excluding steroid dienone is 3. The molecule has 0 aromatic carbocycles. The summed E-state index contributed by atoms with van der Waals surface area (Å²) in [6.07, 6.45) is 3.33. The number of hydrogen-bond acceptors (Lipinski definition) is 6. The molecule has 6 nitrogen and oxygen atoms in total. The third-order valence-corrected chi connectivity index (χ3v) is 1.11. The maximum absolute atomic E-state index is 10.1. The summed E-state index contributed by atoms with van der Waals surface area (Å²) < 4.78 is 0. The fourth-order valence-corrected chi connectivity index (χ4v) is 0.616. The van der Waals surface area contributed by atoms with Crippen LogP contribution < -0.4 is 15.3 Å². The van der Waals surface area contributed by atoms with E-state index in [4.69, 9.17) is 0 Å². The molecule has 0 spiro atoms. The number of aliphatic carboxylic acids is 3. The predicted octanol–water partition coefficient (Wildman–Crippen LogP) is -3.73. The van der Waals surface area contributed by atoms with E-state index in [1.54, 1.807) is 0 Å². The van der Waals surface area contributed by atoms with Gasteiger partial charge in [-0.15, -0.1) is 0 Å². The molecule has 0 aromatic heterocycles. The molecule has 0 heterocycles. The highest BCUT2D eigenvalue weighted by Gasteiger charge is 1.87. The average molecular weight is 209 g/mol. The standard InChI is InChI=1S/C9H8O6/c10-7(11)3-1-6(5-9(14)15)2-4-8(12)13/h1-5H,(H,10,11)(H,12,13)(H,14,15)/p-3/b3-1-,4-2-. The lowest BCUT2D eigenvalue weighted by Gasteiger charge is -1.98. The molecule has 0 aliphatic rings. The molecule has 0 rings (SSSR count). The largest absolute Gasteiger partial charge is 0.545 e. The number of carbonyl (C=O) groups is 3. The van der Waals surface area contributed by atoms with Crippen molar-refractivity contribution in [3.63, 3.8) is 0 Å². The van der Waals surface area contributed by atoms with Crippen molar-refractivity contribution in [2.75, 3.05) is 0 Å². The second-order valence-corrected chi connectivity index (χ2v) is 2.27. The Morgan fingerprint density at radius 3 is 1.33 bits per heavy atom. The van der Waals surface area contributed by atoms with Gasteiger partial charge in [-0.1, -0.05) is 12.2 Å². The van der Waals surface area contributed by atoms with Crippen LogP contribution in [0.2, 0.25) is 0 Å². The van der Waals surface area contributed by atoms with Crippen LogP contribution in [-0.2, 0) is 14.4 Å². The molecule has 0 saturated carbocycles. The van der Waals surface area contributed by atoms with Crippen molar-refractivity contribution in [2.45, 2.75) is 0 Å². The number of rotatable bonds is 5. The van der Waals surface area contributed by atoms with Crippen LogP contribution in [-0.4, -0.2) is 17.9 Å². The molecule has 0 saturated heterocycles. The fraction of sp³-hybridized carbons (Fsp3) is 0. The Kier molecular flexibility index (Phi) is 5.17. The summed E-state index contributed by atoms with van der Waals surface area (Å²) in [6, 6.07) is 0. The van der Waals surface area contributed by atoms with E-state index in [2.05, 4.69) is 0 Å². The third-order valence-electron chi connectivity index (χ3n) is 1.11. The minimum atomic E-state index is -1.59. The summed E-state index contributed by atoms with van der Waals surface area (Å²) >= 11 is 0. The van der Waals surface area contributed by atoms with Gasteiger partial charge in [0, 0.05) is 0 Å². The zero-order chi connectivity index (χ0) is 11.8. The summed E-state index contributed by atoms with van der Waals surface area (Å²) in [5.74, 6) is -4.67. The van der Waals surface area contributed by atoms with Crippen LogP contribution in [0.5, 0.6) is 0 Å². The molecule has 0 unspecified atom stereocenters. The minimum absolute atomic E-state index is 0.177. The van der Waals surface area contributed by atoms with Gasteiger partial charge in [-0.2, -0.15) is 0 Å². The highest BCUT2D eigenvalue weighted by atomic mass is 16.4. The van der Waals surface area contributed by atoms with Gasteiger partial charge in [-0.25, -0.2) is 0 Å². The zero-order valence-electron chi connectivity index (χ0n) is 7.34. The van der Waals surface area contributed by atoms with E-state index < -0.39 is 17.9 Å². The molecule has 0 N–H and O–H groups in total. The molecular weight excluding hydrogens is 204 g/mol. The Balaban J connectivity index is 4.83. The first-order chi connectivity index (χ1) is 6.91. The fourth-order valence-electron chi connectivity index (χ4n) is 0.616. The van der Waals surface area contributed by atoms with Gasteiger partial charge in [0.1, 0.15) is 0 Å². The van der Waals surface area contributed by atoms with Crippen LogP contribution in [0.3, 0.4) is 0 Å². The van der Waals surface area contributed by atoms with Gasteiger partial charge in [-0.3, -0.25) is 0 Å². The van der Waals surface area contributed by atoms with Crippen LogP contribution >= 0.6 is 0 Å². The number of hydrogen-bond donors (Lipinski definition) is 0. The molecule has 0 amide bonds. The third kappa shape index (κ3) is 7.97. The number of carboxylic acid groups (broad SMARTS) is 3. The van der Waals surface area contributed by atoms with E-state index >= 15 is 0 Å². The summed E-state index contributed by atoms with van der Waals surface area (Å²) in [6.45, 7) is 0. The molecule has 0 aromatic rings. The van der Waals surface area contributed by atoms with Crippen molar-refractivity contribution in [3.8, 4) is 0 Å². The minimum Gasteiger partial charge on any atom is -0.545 e. The summed E-state index contributed by atoms with van der Waals surface area (Å²) in [5, 5.41) is 30.1. The van der Waals surface area contributed by atoms with Crippen LogP contribution in [0.25, 0.3) is 0 Å². The lowest BCUT2D eigenvalue weighted by Crippen LogP contribution is -2.20. The Bertz CT molecular complexity index is 335. The first kappa shape index (κ1) is 12.6. The summed E-state index contributed by atoms with van der Waals surface area (Å²) in [5.41, 5.74) is -0.177. The van der Waals surface area contributed by atoms with Gasteiger partial charge < -0.3 is 29.7 Å². The van der Waals surface area contributed by atoms with E-state index in [1.165, 1.54) is 0 Å². The molecule has 80 valence electrons. The van der Waals surface area contributed by atoms with Crippen molar-refractivity contribution in [2.24, 2.45) is 0 Å². The first-order valence-electron chi connectivity index (χ1n) is 3.62. The first-order valence-corrected chi connectivity index (χ1v) is 3.62. The highest BCUT2D eigenvalue weighted by molar-refractivity contribution is 5.84. The van der Waals surface area contributed by atoms with Crippen molar-refractivity contribution >= 4 is 17.9 Å². The Hall–Kier alpha value is -2.37. The Labute approximate surface area is 84.5 Å². The molecule has 0 aliphatic carbocycles. The highest BCUT2D eigenvalue weighted by Crippen LogP contribution is 1.98. The van der Waals surface area contributed by atoms with Crippen LogP contribution in [0.4, 0.5) is 0 Å². The van der Waals surface area contributed by atoms with Crippen molar-refractivity contribution in [3.05, 3.63) is 36.0 Å². The maximum Gasteiger partial charge on any atom is 0.0648 e. The molecule has 6 heteroatoms. The van der Waals surface area contributed by atoms with Crippen LogP contribution in [0.1, 0.15) is 0 Å². The SMILES string of the molecule is O=C([O-])C=C(/C=C\C(=O)[O-])/C=C\C(=O)[O-]. The summed E-state index contributed by atoms with van der Waals surface area (Å²) in [4.78, 5) is 30.1. The second kappa shape index (κ2) is 6.14. The van der Waals surface area contributed by atoms with E-state index in [0.717, 1.165) is 12.2 Å². The van der Waals surface area contributed by atoms with Gasteiger partial charge in [0.15, 0.2) is 0 Å². The van der Waals surface area contributed by atoms with E-state index in [-0.39, 0.29) is 5.57 Å². The van der Waals surface area contributed by atoms with Crippen molar-refractivity contribution < 1.29 is 29.7 Å². The van der Waals surface area contributed by atoms with Gasteiger partial charge in [0.2, 0.25) is 0 Å². The Morgan fingerprint density at radius 2 is 1.07 bits per heavy atom. The number of carbonyl (C=O) groups excluding carboxylic acids is 3. The molecule has 0 aliphatic heterocycles. The lowest BCUT2D eigenvalue weighted by molar-refractivity contribution is -0.299. The maximum atomic E-state index is 10.1. The van der Waals surface area contributed by atoms with E-state index in [1.807, 2.05) is 0 Å². The van der Waals surface area contributed by atoms with E-state index in [0.29, 0.717) is 18.2 Å². The Morgan fingerprint density at radius 1 is 0.667 bits per heavy atom. The number of carboxylic acids is 3.